The van der Waals surface area contributed by atoms with Gasteiger partial charge in [-0.25, -0.2) is 4.98 Å². The minimum absolute atomic E-state index is 0.0985. The van der Waals surface area contributed by atoms with E-state index in [-0.39, 0.29) is 17.6 Å². The predicted octanol–water partition coefficient (Wildman–Crippen LogP) is 4.04. The van der Waals surface area contributed by atoms with Crippen LogP contribution >= 0.6 is 11.8 Å². The van der Waals surface area contributed by atoms with Crippen molar-refractivity contribution in [2.75, 3.05) is 22.5 Å². The molecule has 2 aromatic carbocycles. The number of amides is 2. The van der Waals surface area contributed by atoms with Crippen molar-refractivity contribution < 1.29 is 9.59 Å². The van der Waals surface area contributed by atoms with Crippen LogP contribution in [0.3, 0.4) is 0 Å². The number of carbonyl (C=O) groups excluding carboxylic acids is 2. The molecule has 7 heteroatoms. The Morgan fingerprint density at radius 2 is 1.90 bits per heavy atom. The van der Waals surface area contributed by atoms with E-state index in [2.05, 4.69) is 10.3 Å². The third-order valence-corrected chi connectivity index (χ3v) is 5.82. The minimum atomic E-state index is -0.131. The Kier molecular flexibility index (Phi) is 5.67. The molecular formula is C22H22N4O2S. The number of benzene rings is 2. The zero-order valence-corrected chi connectivity index (χ0v) is 17.0. The van der Waals surface area contributed by atoms with Gasteiger partial charge >= 0.3 is 0 Å². The van der Waals surface area contributed by atoms with Crippen LogP contribution in [0.1, 0.15) is 18.4 Å². The van der Waals surface area contributed by atoms with Gasteiger partial charge < -0.3 is 10.2 Å². The smallest absolute Gasteiger partial charge is 0.234 e. The molecule has 0 bridgehead atoms. The third kappa shape index (κ3) is 4.19. The second-order valence-corrected chi connectivity index (χ2v) is 7.81. The van der Waals surface area contributed by atoms with E-state index in [1.165, 1.54) is 11.8 Å². The highest BCUT2D eigenvalue weighted by Crippen LogP contribution is 2.30. The molecule has 0 radical (unpaired) electrons. The van der Waals surface area contributed by atoms with Gasteiger partial charge in [0.15, 0.2) is 5.16 Å². The first-order chi connectivity index (χ1) is 14.1. The summed E-state index contributed by atoms with van der Waals surface area (Å²) in [5.74, 6) is 0.195. The molecule has 1 saturated heterocycles. The SMILES string of the molecule is Cc1ccccc1-n1ccnc1SCC(=O)Nc1ccccc1N1CCCC1=O. The number of hydrogen-bond acceptors (Lipinski definition) is 4. The number of nitrogens with zero attached hydrogens (tertiary/aromatic N) is 3. The summed E-state index contributed by atoms with van der Waals surface area (Å²) in [6.45, 7) is 2.74. The average molecular weight is 407 g/mol. The van der Waals surface area contributed by atoms with Crippen LogP contribution in [0.25, 0.3) is 5.69 Å². The molecule has 1 fully saturated rings. The predicted molar refractivity (Wildman–Crippen MR) is 116 cm³/mol. The summed E-state index contributed by atoms with van der Waals surface area (Å²) < 4.78 is 1.99. The van der Waals surface area contributed by atoms with Crippen LogP contribution in [0, 0.1) is 6.92 Å². The van der Waals surface area contributed by atoms with E-state index in [4.69, 9.17) is 0 Å². The summed E-state index contributed by atoms with van der Waals surface area (Å²) in [5, 5.41) is 3.71. The zero-order valence-electron chi connectivity index (χ0n) is 16.2. The van der Waals surface area contributed by atoms with Gasteiger partial charge in [-0.05, 0) is 37.1 Å². The van der Waals surface area contributed by atoms with Crippen molar-refractivity contribution in [2.45, 2.75) is 24.9 Å². The maximum Gasteiger partial charge on any atom is 0.234 e. The molecule has 2 heterocycles. The lowest BCUT2D eigenvalue weighted by atomic mass is 10.2. The lowest BCUT2D eigenvalue weighted by Gasteiger charge is -2.20. The molecule has 0 saturated carbocycles. The summed E-state index contributed by atoms with van der Waals surface area (Å²) in [6, 6.07) is 15.5. The van der Waals surface area contributed by atoms with Crippen LogP contribution in [-0.2, 0) is 9.59 Å². The normalized spacial score (nSPS) is 13.7. The average Bonchev–Trinajstić information content (AvgIpc) is 3.36. The minimum Gasteiger partial charge on any atom is -0.324 e. The molecule has 0 unspecified atom stereocenters. The van der Waals surface area contributed by atoms with Crippen molar-refractivity contribution in [3.8, 4) is 5.69 Å². The van der Waals surface area contributed by atoms with Crippen LogP contribution in [-0.4, -0.2) is 33.7 Å². The second kappa shape index (κ2) is 8.53. The highest BCUT2D eigenvalue weighted by Gasteiger charge is 2.24. The number of aryl methyl sites for hydroxylation is 1. The summed E-state index contributed by atoms with van der Waals surface area (Å²) in [6.07, 6.45) is 5.04. The summed E-state index contributed by atoms with van der Waals surface area (Å²) >= 11 is 1.38. The first kappa shape index (κ1) is 19.3. The van der Waals surface area contributed by atoms with Crippen LogP contribution in [0.5, 0.6) is 0 Å². The number of hydrogen-bond donors (Lipinski definition) is 1. The molecule has 0 aliphatic carbocycles. The number of rotatable bonds is 6. The van der Waals surface area contributed by atoms with Crippen molar-refractivity contribution >= 4 is 35.0 Å². The van der Waals surface area contributed by atoms with Gasteiger partial charge in [0.05, 0.1) is 22.8 Å². The van der Waals surface area contributed by atoms with Gasteiger partial charge in [0.1, 0.15) is 0 Å². The fourth-order valence-corrected chi connectivity index (χ4v) is 4.21. The second-order valence-electron chi connectivity index (χ2n) is 6.87. The Labute approximate surface area is 173 Å². The van der Waals surface area contributed by atoms with Crippen molar-refractivity contribution in [3.63, 3.8) is 0 Å². The Balaban J connectivity index is 1.45. The molecule has 6 nitrogen and oxygen atoms in total. The molecule has 0 atom stereocenters. The standard InChI is InChI=1S/C22H22N4O2S/c1-16-7-2-4-9-18(16)26-14-12-23-22(26)29-15-20(27)24-17-8-3-5-10-19(17)25-13-6-11-21(25)28/h2-5,7-10,12,14H,6,11,13,15H2,1H3,(H,24,27). The van der Waals surface area contributed by atoms with Crippen molar-refractivity contribution in [2.24, 2.45) is 0 Å². The molecule has 0 spiro atoms. The Morgan fingerprint density at radius 3 is 2.66 bits per heavy atom. The lowest BCUT2D eigenvalue weighted by Crippen LogP contribution is -2.26. The van der Waals surface area contributed by atoms with E-state index >= 15 is 0 Å². The molecular weight excluding hydrogens is 384 g/mol. The molecule has 148 valence electrons. The number of thioether (sulfide) groups is 1. The fourth-order valence-electron chi connectivity index (χ4n) is 3.45. The molecule has 1 N–H and O–H groups in total. The first-order valence-corrected chi connectivity index (χ1v) is 10.5. The van der Waals surface area contributed by atoms with Gasteiger partial charge in [-0.2, -0.15) is 0 Å². The maximum absolute atomic E-state index is 12.6. The highest BCUT2D eigenvalue weighted by molar-refractivity contribution is 7.99. The largest absolute Gasteiger partial charge is 0.324 e. The quantitative estimate of drug-likeness (QED) is 0.628. The van der Waals surface area contributed by atoms with Gasteiger partial charge in [-0.1, -0.05) is 42.1 Å². The van der Waals surface area contributed by atoms with E-state index in [0.717, 1.165) is 28.5 Å². The first-order valence-electron chi connectivity index (χ1n) is 9.55. The fraction of sp³-hybridized carbons (Fsp3) is 0.227. The molecule has 29 heavy (non-hydrogen) atoms. The van der Waals surface area contributed by atoms with Crippen molar-refractivity contribution in [3.05, 3.63) is 66.5 Å². The van der Waals surface area contributed by atoms with Crippen LogP contribution < -0.4 is 10.2 Å². The lowest BCUT2D eigenvalue weighted by molar-refractivity contribution is -0.117. The van der Waals surface area contributed by atoms with Gasteiger partial charge in [-0.3, -0.25) is 14.2 Å². The molecule has 1 aromatic heterocycles. The molecule has 1 aliphatic rings. The van der Waals surface area contributed by atoms with Gasteiger partial charge in [0.2, 0.25) is 11.8 Å². The van der Waals surface area contributed by atoms with E-state index in [1.54, 1.807) is 11.1 Å². The number of aromatic nitrogens is 2. The van der Waals surface area contributed by atoms with Crippen LogP contribution in [0.15, 0.2) is 66.1 Å². The number of anilines is 2. The van der Waals surface area contributed by atoms with Crippen LogP contribution in [0.2, 0.25) is 0 Å². The maximum atomic E-state index is 12.6. The van der Waals surface area contributed by atoms with Crippen LogP contribution in [0.4, 0.5) is 11.4 Å². The monoisotopic (exact) mass is 406 g/mol. The van der Waals surface area contributed by atoms with Crippen molar-refractivity contribution in [1.82, 2.24) is 9.55 Å². The summed E-state index contributed by atoms with van der Waals surface area (Å²) in [4.78, 5) is 30.8. The topological polar surface area (TPSA) is 67.2 Å². The summed E-state index contributed by atoms with van der Waals surface area (Å²) in [7, 11) is 0. The highest BCUT2D eigenvalue weighted by atomic mass is 32.2. The van der Waals surface area contributed by atoms with E-state index < -0.39 is 0 Å². The third-order valence-electron chi connectivity index (χ3n) is 4.86. The van der Waals surface area contributed by atoms with Gasteiger partial charge in [0, 0.05) is 25.4 Å². The molecule has 1 aliphatic heterocycles. The van der Waals surface area contributed by atoms with E-state index in [0.29, 0.717) is 18.7 Å². The Hall–Kier alpha value is -3.06. The zero-order chi connectivity index (χ0) is 20.2. The number of para-hydroxylation sites is 3. The molecule has 3 aromatic rings. The van der Waals surface area contributed by atoms with Gasteiger partial charge in [-0.15, -0.1) is 0 Å². The molecule has 4 rings (SSSR count). The van der Waals surface area contributed by atoms with E-state index in [9.17, 15) is 9.59 Å². The summed E-state index contributed by atoms with van der Waals surface area (Å²) in [5.41, 5.74) is 3.61. The Bertz CT molecular complexity index is 1050. The Morgan fingerprint density at radius 1 is 1.14 bits per heavy atom. The molecule has 2 amide bonds. The number of carbonyl (C=O) groups is 2. The van der Waals surface area contributed by atoms with Gasteiger partial charge in [0.25, 0.3) is 0 Å². The number of nitrogens with one attached hydrogen (secondary N) is 1. The van der Waals surface area contributed by atoms with Crippen molar-refractivity contribution in [1.29, 1.82) is 0 Å². The number of imidazole rings is 1. The van der Waals surface area contributed by atoms with E-state index in [1.807, 2.05) is 66.2 Å².